The van der Waals surface area contributed by atoms with Crippen LogP contribution in [0.3, 0.4) is 0 Å². The van der Waals surface area contributed by atoms with Crippen molar-refractivity contribution in [2.24, 2.45) is 5.41 Å². The lowest BCUT2D eigenvalue weighted by Crippen LogP contribution is -2.21. The SMILES string of the molecule is CCCCC(CCCC)(CCCC)CCCCCOOO. The first-order chi connectivity index (χ1) is 10.2. The summed E-state index contributed by atoms with van der Waals surface area (Å²) in [5.41, 5.74) is 0.580. The summed E-state index contributed by atoms with van der Waals surface area (Å²) in [7, 11) is 0. The largest absolute Gasteiger partial charge is 0.221 e. The molecule has 0 aliphatic heterocycles. The van der Waals surface area contributed by atoms with E-state index in [1.54, 1.807) is 0 Å². The lowest BCUT2D eigenvalue weighted by Gasteiger charge is -2.35. The van der Waals surface area contributed by atoms with Crippen molar-refractivity contribution >= 4 is 0 Å². The fraction of sp³-hybridized carbons (Fsp3) is 1.00. The molecule has 0 amide bonds. The first-order valence-electron chi connectivity index (χ1n) is 9.17. The highest BCUT2D eigenvalue weighted by Gasteiger charge is 2.27. The molecule has 0 rings (SSSR count). The third kappa shape index (κ3) is 11.1. The third-order valence-corrected chi connectivity index (χ3v) is 4.67. The van der Waals surface area contributed by atoms with Crippen LogP contribution in [0.4, 0.5) is 0 Å². The molecule has 128 valence electrons. The van der Waals surface area contributed by atoms with Gasteiger partial charge in [0, 0.05) is 0 Å². The summed E-state index contributed by atoms with van der Waals surface area (Å²) in [5, 5.41) is 11.8. The van der Waals surface area contributed by atoms with Gasteiger partial charge in [-0.2, -0.15) is 0 Å². The van der Waals surface area contributed by atoms with Gasteiger partial charge in [0.25, 0.3) is 0 Å². The summed E-state index contributed by atoms with van der Waals surface area (Å²) < 4.78 is 0. The van der Waals surface area contributed by atoms with Gasteiger partial charge in [0.15, 0.2) is 0 Å². The molecule has 0 saturated carbocycles. The fourth-order valence-electron chi connectivity index (χ4n) is 3.28. The zero-order valence-corrected chi connectivity index (χ0v) is 14.7. The summed E-state index contributed by atoms with van der Waals surface area (Å²) in [4.78, 5) is 4.52. The van der Waals surface area contributed by atoms with Crippen LogP contribution in [0.5, 0.6) is 0 Å². The first kappa shape index (κ1) is 20.9. The second kappa shape index (κ2) is 14.8. The molecule has 21 heavy (non-hydrogen) atoms. The molecule has 0 radical (unpaired) electrons. The molecule has 0 aromatic heterocycles. The summed E-state index contributed by atoms with van der Waals surface area (Å²) in [6.07, 6.45) is 17.0. The lowest BCUT2D eigenvalue weighted by atomic mass is 9.71. The van der Waals surface area contributed by atoms with Gasteiger partial charge in [0.1, 0.15) is 0 Å². The van der Waals surface area contributed by atoms with Crippen LogP contribution >= 0.6 is 0 Å². The predicted octanol–water partition coefficient (Wildman–Crippen LogP) is 6.53. The third-order valence-electron chi connectivity index (χ3n) is 4.67. The minimum atomic E-state index is 0.488. The Kier molecular flexibility index (Phi) is 14.7. The van der Waals surface area contributed by atoms with Gasteiger partial charge in [-0.1, -0.05) is 77.2 Å². The zero-order chi connectivity index (χ0) is 15.8. The highest BCUT2D eigenvalue weighted by atomic mass is 17.5. The van der Waals surface area contributed by atoms with E-state index in [1.807, 2.05) is 0 Å². The maximum Gasteiger partial charge on any atom is 0.0853 e. The Morgan fingerprint density at radius 2 is 1.14 bits per heavy atom. The van der Waals surface area contributed by atoms with E-state index in [0.29, 0.717) is 12.0 Å². The number of hydrogen-bond donors (Lipinski definition) is 1. The fourth-order valence-corrected chi connectivity index (χ4v) is 3.28. The van der Waals surface area contributed by atoms with Crippen LogP contribution in [0.2, 0.25) is 0 Å². The predicted molar refractivity (Wildman–Crippen MR) is 89.1 cm³/mol. The van der Waals surface area contributed by atoms with E-state index < -0.39 is 0 Å². The van der Waals surface area contributed by atoms with Gasteiger partial charge in [-0.25, -0.2) is 10.1 Å². The molecule has 0 bridgehead atoms. The molecule has 0 unspecified atom stereocenters. The molecule has 0 fully saturated rings. The second-order valence-electron chi connectivity index (χ2n) is 6.52. The highest BCUT2D eigenvalue weighted by Crippen LogP contribution is 2.41. The van der Waals surface area contributed by atoms with E-state index in [4.69, 9.17) is 5.26 Å². The van der Waals surface area contributed by atoms with Gasteiger partial charge < -0.3 is 0 Å². The number of hydrogen-bond acceptors (Lipinski definition) is 3. The average Bonchev–Trinajstić information content (AvgIpc) is 2.51. The molecule has 0 saturated heterocycles. The van der Waals surface area contributed by atoms with Gasteiger partial charge in [-0.15, -0.1) is 0 Å². The average molecular weight is 302 g/mol. The van der Waals surface area contributed by atoms with Gasteiger partial charge in [0.05, 0.1) is 6.61 Å². The van der Waals surface area contributed by atoms with Crippen LogP contribution in [0.25, 0.3) is 0 Å². The molecule has 0 aromatic carbocycles. The van der Waals surface area contributed by atoms with Crippen molar-refractivity contribution in [2.75, 3.05) is 6.61 Å². The van der Waals surface area contributed by atoms with E-state index in [-0.39, 0.29) is 0 Å². The van der Waals surface area contributed by atoms with Crippen molar-refractivity contribution in [2.45, 2.75) is 104 Å². The topological polar surface area (TPSA) is 38.7 Å². The molecule has 0 aliphatic carbocycles. The van der Waals surface area contributed by atoms with Gasteiger partial charge in [0.2, 0.25) is 0 Å². The van der Waals surface area contributed by atoms with Crippen LogP contribution < -0.4 is 0 Å². The lowest BCUT2D eigenvalue weighted by molar-refractivity contribution is -0.490. The van der Waals surface area contributed by atoms with E-state index in [9.17, 15) is 0 Å². The molecule has 3 nitrogen and oxygen atoms in total. The van der Waals surface area contributed by atoms with Gasteiger partial charge >= 0.3 is 0 Å². The summed E-state index contributed by atoms with van der Waals surface area (Å²) in [6, 6.07) is 0. The molecule has 0 spiro atoms. The monoisotopic (exact) mass is 302 g/mol. The van der Waals surface area contributed by atoms with E-state index in [0.717, 1.165) is 12.8 Å². The second-order valence-corrected chi connectivity index (χ2v) is 6.52. The smallest absolute Gasteiger partial charge is 0.0853 e. The summed E-state index contributed by atoms with van der Waals surface area (Å²) >= 11 is 0. The molecule has 0 aliphatic rings. The molecule has 3 heteroatoms. The standard InChI is InChI=1S/C18H38O3/c1-4-7-13-18(14-8-5-2,15-9-6-3)16-11-10-12-17-20-21-19/h19H,4-17H2,1-3H3. The van der Waals surface area contributed by atoms with Crippen molar-refractivity contribution in [3.63, 3.8) is 0 Å². The van der Waals surface area contributed by atoms with Crippen molar-refractivity contribution in [1.29, 1.82) is 0 Å². The Bertz CT molecular complexity index is 185. The normalized spacial score (nSPS) is 12.0. The van der Waals surface area contributed by atoms with Crippen LogP contribution in [-0.4, -0.2) is 11.9 Å². The van der Waals surface area contributed by atoms with Crippen molar-refractivity contribution < 1.29 is 15.2 Å². The van der Waals surface area contributed by atoms with Crippen molar-refractivity contribution in [3.05, 3.63) is 0 Å². The van der Waals surface area contributed by atoms with Crippen molar-refractivity contribution in [3.8, 4) is 0 Å². The van der Waals surface area contributed by atoms with Crippen LogP contribution in [0.15, 0.2) is 0 Å². The Balaban J connectivity index is 4.28. The Labute approximate surface area is 132 Å². The van der Waals surface area contributed by atoms with Gasteiger partial charge in [-0.05, 0) is 37.5 Å². The quantitative estimate of drug-likeness (QED) is 0.200. The number of rotatable bonds is 16. The van der Waals surface area contributed by atoms with Crippen LogP contribution in [0.1, 0.15) is 104 Å². The van der Waals surface area contributed by atoms with Crippen LogP contribution in [-0.2, 0) is 9.93 Å². The van der Waals surface area contributed by atoms with Gasteiger partial charge in [-0.3, -0.25) is 0 Å². The van der Waals surface area contributed by atoms with E-state index in [2.05, 4.69) is 30.7 Å². The molecular weight excluding hydrogens is 264 g/mol. The Morgan fingerprint density at radius 3 is 1.57 bits per heavy atom. The molecular formula is C18H38O3. The summed E-state index contributed by atoms with van der Waals surface area (Å²) in [6.45, 7) is 7.40. The highest BCUT2D eigenvalue weighted by molar-refractivity contribution is 4.79. The molecule has 0 aromatic rings. The maximum absolute atomic E-state index is 8.12. The van der Waals surface area contributed by atoms with Crippen LogP contribution in [0, 0.1) is 5.41 Å². The Hall–Kier alpha value is -0.120. The maximum atomic E-state index is 8.12. The minimum absolute atomic E-state index is 0.488. The first-order valence-corrected chi connectivity index (χ1v) is 9.17. The van der Waals surface area contributed by atoms with Crippen molar-refractivity contribution in [1.82, 2.24) is 0 Å². The van der Waals surface area contributed by atoms with E-state index in [1.165, 1.54) is 70.6 Å². The minimum Gasteiger partial charge on any atom is -0.221 e. The molecule has 0 heterocycles. The van der Waals surface area contributed by atoms with E-state index >= 15 is 0 Å². The molecule has 0 atom stereocenters. The Morgan fingerprint density at radius 1 is 0.667 bits per heavy atom. The number of unbranched alkanes of at least 4 members (excludes halogenated alkanes) is 5. The molecule has 1 N–H and O–H groups in total. The zero-order valence-electron chi connectivity index (χ0n) is 14.7. The summed E-state index contributed by atoms with van der Waals surface area (Å²) in [5.74, 6) is 0.